The second-order valence-corrected chi connectivity index (χ2v) is 3.29. The summed E-state index contributed by atoms with van der Waals surface area (Å²) in [5.74, 6) is 0. The van der Waals surface area contributed by atoms with Crippen LogP contribution in [0.25, 0.3) is 0 Å². The minimum Gasteiger partial charge on any atom is -0.342 e. The van der Waals surface area contributed by atoms with E-state index in [0.717, 1.165) is 18.8 Å². The van der Waals surface area contributed by atoms with Crippen molar-refractivity contribution in [2.45, 2.75) is 13.5 Å². The molecule has 3 nitrogen and oxygen atoms in total. The summed E-state index contributed by atoms with van der Waals surface area (Å²) < 4.78 is 1.86. The maximum Gasteiger partial charge on any atom is 0.120 e. The molecule has 13 heavy (non-hydrogen) atoms. The molecule has 0 unspecified atom stereocenters. The van der Waals surface area contributed by atoms with Crippen molar-refractivity contribution in [1.29, 1.82) is 5.26 Å². The van der Waals surface area contributed by atoms with Crippen molar-refractivity contribution < 1.29 is 0 Å². The number of rotatable bonds is 3. The van der Waals surface area contributed by atoms with Crippen LogP contribution in [-0.2, 0) is 13.6 Å². The normalized spacial score (nSPS) is 10.4. The van der Waals surface area contributed by atoms with Crippen LogP contribution in [0.15, 0.2) is 12.3 Å². The zero-order valence-corrected chi connectivity index (χ0v) is 8.41. The van der Waals surface area contributed by atoms with E-state index in [0.29, 0.717) is 0 Å². The Kier molecular flexibility index (Phi) is 3.10. The van der Waals surface area contributed by atoms with E-state index in [2.05, 4.69) is 24.9 Å². The Morgan fingerprint density at radius 3 is 2.77 bits per heavy atom. The summed E-state index contributed by atoms with van der Waals surface area (Å²) in [7, 11) is 3.97. The van der Waals surface area contributed by atoms with Gasteiger partial charge in [0.05, 0.1) is 0 Å². The van der Waals surface area contributed by atoms with Crippen molar-refractivity contribution in [3.05, 3.63) is 23.5 Å². The van der Waals surface area contributed by atoms with Gasteiger partial charge in [-0.15, -0.1) is 0 Å². The Bertz CT molecular complexity index is 319. The van der Waals surface area contributed by atoms with Gasteiger partial charge in [0, 0.05) is 19.8 Å². The lowest BCUT2D eigenvalue weighted by Crippen LogP contribution is -2.16. The highest BCUT2D eigenvalue weighted by atomic mass is 15.1. The fourth-order valence-corrected chi connectivity index (χ4v) is 1.25. The van der Waals surface area contributed by atoms with Gasteiger partial charge in [0.1, 0.15) is 11.8 Å². The van der Waals surface area contributed by atoms with Crippen molar-refractivity contribution in [2.24, 2.45) is 7.05 Å². The predicted octanol–water partition coefficient (Wildman–Crippen LogP) is 1.35. The van der Waals surface area contributed by atoms with Gasteiger partial charge in [-0.25, -0.2) is 0 Å². The standard InChI is InChI=1S/C10H15N3/c1-4-12(2)7-9-5-10(6-11)13(3)8-9/h5,8H,4,7H2,1-3H3. The first-order valence-electron chi connectivity index (χ1n) is 4.41. The summed E-state index contributed by atoms with van der Waals surface area (Å²) in [6, 6.07) is 4.09. The molecule has 0 aliphatic carbocycles. The van der Waals surface area contributed by atoms with Crippen LogP contribution in [0.4, 0.5) is 0 Å². The Morgan fingerprint density at radius 1 is 1.62 bits per heavy atom. The molecular weight excluding hydrogens is 162 g/mol. The monoisotopic (exact) mass is 177 g/mol. The van der Waals surface area contributed by atoms with Crippen LogP contribution in [0.2, 0.25) is 0 Å². The van der Waals surface area contributed by atoms with Gasteiger partial charge in [-0.1, -0.05) is 6.92 Å². The second-order valence-electron chi connectivity index (χ2n) is 3.29. The summed E-state index contributed by atoms with van der Waals surface area (Å²) in [6.45, 7) is 4.05. The molecule has 0 bridgehead atoms. The molecule has 0 N–H and O–H groups in total. The minimum atomic E-state index is 0.722. The third kappa shape index (κ3) is 2.33. The lowest BCUT2D eigenvalue weighted by Gasteiger charge is -2.11. The molecule has 0 fully saturated rings. The Morgan fingerprint density at radius 2 is 2.31 bits per heavy atom. The summed E-state index contributed by atoms with van der Waals surface area (Å²) in [6.07, 6.45) is 2.00. The van der Waals surface area contributed by atoms with Gasteiger partial charge >= 0.3 is 0 Å². The van der Waals surface area contributed by atoms with E-state index in [1.807, 2.05) is 23.9 Å². The van der Waals surface area contributed by atoms with Gasteiger partial charge in [-0.3, -0.25) is 0 Å². The number of aromatic nitrogens is 1. The third-order valence-electron chi connectivity index (χ3n) is 2.17. The molecule has 0 spiro atoms. The highest BCUT2D eigenvalue weighted by molar-refractivity contribution is 5.28. The first-order chi connectivity index (χ1) is 6.17. The molecule has 70 valence electrons. The van der Waals surface area contributed by atoms with E-state index in [1.54, 1.807) is 0 Å². The van der Waals surface area contributed by atoms with E-state index in [4.69, 9.17) is 5.26 Å². The largest absolute Gasteiger partial charge is 0.342 e. The zero-order chi connectivity index (χ0) is 9.84. The van der Waals surface area contributed by atoms with E-state index >= 15 is 0 Å². The minimum absolute atomic E-state index is 0.722. The Labute approximate surface area is 79.2 Å². The first-order valence-corrected chi connectivity index (χ1v) is 4.41. The average Bonchev–Trinajstić information content (AvgIpc) is 2.46. The summed E-state index contributed by atoms with van der Waals surface area (Å²) in [5.41, 5.74) is 1.92. The molecule has 1 aromatic rings. The van der Waals surface area contributed by atoms with Crippen LogP contribution < -0.4 is 0 Å². The van der Waals surface area contributed by atoms with Crippen LogP contribution in [0, 0.1) is 11.3 Å². The summed E-state index contributed by atoms with van der Waals surface area (Å²) >= 11 is 0. The van der Waals surface area contributed by atoms with E-state index in [9.17, 15) is 0 Å². The second kappa shape index (κ2) is 4.11. The summed E-state index contributed by atoms with van der Waals surface area (Å²) in [5, 5.41) is 8.74. The van der Waals surface area contributed by atoms with Crippen LogP contribution in [0.5, 0.6) is 0 Å². The molecule has 0 atom stereocenters. The first kappa shape index (κ1) is 9.82. The van der Waals surface area contributed by atoms with E-state index < -0.39 is 0 Å². The van der Waals surface area contributed by atoms with Crippen molar-refractivity contribution in [3.8, 4) is 6.07 Å². The fraction of sp³-hybridized carbons (Fsp3) is 0.500. The van der Waals surface area contributed by atoms with Crippen LogP contribution >= 0.6 is 0 Å². The van der Waals surface area contributed by atoms with Crippen molar-refractivity contribution in [2.75, 3.05) is 13.6 Å². The van der Waals surface area contributed by atoms with E-state index in [1.165, 1.54) is 5.56 Å². The number of nitriles is 1. The third-order valence-corrected chi connectivity index (χ3v) is 2.17. The lowest BCUT2D eigenvalue weighted by atomic mass is 10.3. The molecule has 3 heteroatoms. The topological polar surface area (TPSA) is 32.0 Å². The molecular formula is C10H15N3. The predicted molar refractivity (Wildman–Crippen MR) is 52.1 cm³/mol. The maximum absolute atomic E-state index is 8.74. The molecule has 0 aromatic carbocycles. The maximum atomic E-state index is 8.74. The number of hydrogen-bond donors (Lipinski definition) is 0. The van der Waals surface area contributed by atoms with Crippen LogP contribution in [-0.4, -0.2) is 23.1 Å². The smallest absolute Gasteiger partial charge is 0.120 e. The van der Waals surface area contributed by atoms with E-state index in [-0.39, 0.29) is 0 Å². The van der Waals surface area contributed by atoms with Gasteiger partial charge in [0.2, 0.25) is 0 Å². The fourth-order valence-electron chi connectivity index (χ4n) is 1.25. The average molecular weight is 177 g/mol. The van der Waals surface area contributed by atoms with Gasteiger partial charge in [0.25, 0.3) is 0 Å². The number of hydrogen-bond acceptors (Lipinski definition) is 2. The quantitative estimate of drug-likeness (QED) is 0.698. The molecule has 0 aliphatic heterocycles. The van der Waals surface area contributed by atoms with Crippen LogP contribution in [0.1, 0.15) is 18.2 Å². The Balaban J connectivity index is 2.75. The SMILES string of the molecule is CCN(C)Cc1cc(C#N)n(C)c1. The molecule has 1 rings (SSSR count). The molecule has 1 heterocycles. The number of aryl methyl sites for hydroxylation is 1. The highest BCUT2D eigenvalue weighted by Gasteiger charge is 2.03. The molecule has 0 radical (unpaired) electrons. The molecule has 0 amide bonds. The molecule has 0 aliphatic rings. The zero-order valence-electron chi connectivity index (χ0n) is 8.41. The van der Waals surface area contributed by atoms with Gasteiger partial charge in [-0.2, -0.15) is 5.26 Å². The van der Waals surface area contributed by atoms with Gasteiger partial charge < -0.3 is 9.47 Å². The Hall–Kier alpha value is -1.27. The van der Waals surface area contributed by atoms with Crippen molar-refractivity contribution >= 4 is 0 Å². The van der Waals surface area contributed by atoms with Crippen molar-refractivity contribution in [1.82, 2.24) is 9.47 Å². The molecule has 1 aromatic heterocycles. The lowest BCUT2D eigenvalue weighted by molar-refractivity contribution is 0.346. The van der Waals surface area contributed by atoms with Crippen LogP contribution in [0.3, 0.4) is 0 Å². The van der Waals surface area contributed by atoms with Gasteiger partial charge in [0.15, 0.2) is 0 Å². The highest BCUT2D eigenvalue weighted by Crippen LogP contribution is 2.07. The number of nitrogens with zero attached hydrogens (tertiary/aromatic N) is 3. The molecule has 0 saturated heterocycles. The summed E-state index contributed by atoms with van der Waals surface area (Å²) in [4.78, 5) is 2.20. The molecule has 0 saturated carbocycles. The van der Waals surface area contributed by atoms with Gasteiger partial charge in [-0.05, 0) is 25.2 Å². The van der Waals surface area contributed by atoms with Crippen molar-refractivity contribution in [3.63, 3.8) is 0 Å².